The molecule has 1 aliphatic rings. The first-order chi connectivity index (χ1) is 5.19. The van der Waals surface area contributed by atoms with Crippen molar-refractivity contribution < 1.29 is 5.11 Å². The van der Waals surface area contributed by atoms with E-state index in [0.29, 0.717) is 0 Å². The van der Waals surface area contributed by atoms with Crippen LogP contribution in [-0.4, -0.2) is 24.3 Å². The van der Waals surface area contributed by atoms with Crippen molar-refractivity contribution in [2.45, 2.75) is 25.9 Å². The summed E-state index contributed by atoms with van der Waals surface area (Å²) < 4.78 is 0. The third kappa shape index (κ3) is 1.74. The van der Waals surface area contributed by atoms with Crippen molar-refractivity contribution >= 4 is 0 Å². The van der Waals surface area contributed by atoms with Crippen LogP contribution in [0.1, 0.15) is 19.8 Å². The summed E-state index contributed by atoms with van der Waals surface area (Å²) in [7, 11) is 0. The molecule has 2 heteroatoms. The summed E-state index contributed by atoms with van der Waals surface area (Å²) in [6.45, 7) is 3.99. The SMILES string of the molecule is C#C[C@H](O)C1(C)CCNCC1. The third-order valence-electron chi connectivity index (χ3n) is 2.56. The van der Waals surface area contributed by atoms with Gasteiger partial charge in [0.25, 0.3) is 0 Å². The molecule has 0 aromatic heterocycles. The van der Waals surface area contributed by atoms with Gasteiger partial charge in [-0.15, -0.1) is 6.42 Å². The zero-order valence-electron chi connectivity index (χ0n) is 6.93. The number of hydrogen-bond donors (Lipinski definition) is 2. The molecule has 1 aliphatic heterocycles. The summed E-state index contributed by atoms with van der Waals surface area (Å²) in [6.07, 6.45) is 6.53. The lowest BCUT2D eigenvalue weighted by molar-refractivity contribution is 0.0565. The number of hydrogen-bond acceptors (Lipinski definition) is 2. The molecule has 0 aromatic rings. The fourth-order valence-electron chi connectivity index (χ4n) is 1.47. The van der Waals surface area contributed by atoms with E-state index in [9.17, 15) is 5.11 Å². The second kappa shape index (κ2) is 3.25. The second-order valence-corrected chi connectivity index (χ2v) is 3.47. The van der Waals surface area contributed by atoms with Gasteiger partial charge in [-0.25, -0.2) is 0 Å². The number of terminal acetylenes is 1. The van der Waals surface area contributed by atoms with E-state index in [0.717, 1.165) is 25.9 Å². The average Bonchev–Trinajstić information content (AvgIpc) is 2.04. The van der Waals surface area contributed by atoms with Crippen molar-refractivity contribution in [3.63, 3.8) is 0 Å². The number of aliphatic hydroxyl groups excluding tert-OH is 1. The van der Waals surface area contributed by atoms with Gasteiger partial charge < -0.3 is 10.4 Å². The van der Waals surface area contributed by atoms with E-state index in [2.05, 4.69) is 18.2 Å². The Hall–Kier alpha value is -0.520. The van der Waals surface area contributed by atoms with Gasteiger partial charge in [-0.2, -0.15) is 0 Å². The van der Waals surface area contributed by atoms with Crippen LogP contribution in [0.2, 0.25) is 0 Å². The normalized spacial score (nSPS) is 25.5. The Kier molecular flexibility index (Phi) is 2.53. The Morgan fingerprint density at radius 2 is 2.09 bits per heavy atom. The summed E-state index contributed by atoms with van der Waals surface area (Å²) in [5, 5.41) is 12.7. The molecule has 1 atom stereocenters. The van der Waals surface area contributed by atoms with Crippen LogP contribution in [0.25, 0.3) is 0 Å². The Labute approximate surface area is 68.0 Å². The molecule has 0 unspecified atom stereocenters. The lowest BCUT2D eigenvalue weighted by Crippen LogP contribution is -2.41. The molecule has 1 heterocycles. The van der Waals surface area contributed by atoms with Gasteiger partial charge in [0, 0.05) is 5.41 Å². The van der Waals surface area contributed by atoms with Crippen LogP contribution >= 0.6 is 0 Å². The van der Waals surface area contributed by atoms with Crippen LogP contribution in [0.3, 0.4) is 0 Å². The first kappa shape index (κ1) is 8.58. The predicted molar refractivity (Wildman–Crippen MR) is 45.1 cm³/mol. The summed E-state index contributed by atoms with van der Waals surface area (Å²) in [5.74, 6) is 2.40. The molecule has 1 rings (SSSR count). The van der Waals surface area contributed by atoms with E-state index in [1.807, 2.05) is 0 Å². The molecule has 0 saturated carbocycles. The van der Waals surface area contributed by atoms with Crippen molar-refractivity contribution in [2.75, 3.05) is 13.1 Å². The first-order valence-corrected chi connectivity index (χ1v) is 4.04. The molecule has 11 heavy (non-hydrogen) atoms. The van der Waals surface area contributed by atoms with Gasteiger partial charge in [-0.3, -0.25) is 0 Å². The second-order valence-electron chi connectivity index (χ2n) is 3.47. The quantitative estimate of drug-likeness (QED) is 0.533. The zero-order valence-corrected chi connectivity index (χ0v) is 6.93. The predicted octanol–water partition coefficient (Wildman–Crippen LogP) is 0.370. The number of nitrogens with one attached hydrogen (secondary N) is 1. The number of piperidine rings is 1. The standard InChI is InChI=1S/C9H15NO/c1-3-8(11)9(2)4-6-10-7-5-9/h1,8,10-11H,4-7H2,2H3/t8-/m0/s1. The first-order valence-electron chi connectivity index (χ1n) is 4.04. The van der Waals surface area contributed by atoms with Crippen molar-refractivity contribution in [3.05, 3.63) is 0 Å². The van der Waals surface area contributed by atoms with E-state index < -0.39 is 6.10 Å². The molecule has 0 bridgehead atoms. The molecule has 1 fully saturated rings. The van der Waals surface area contributed by atoms with Crippen molar-refractivity contribution in [1.82, 2.24) is 5.32 Å². The van der Waals surface area contributed by atoms with Crippen LogP contribution in [0, 0.1) is 17.8 Å². The summed E-state index contributed by atoms with van der Waals surface area (Å²) >= 11 is 0. The van der Waals surface area contributed by atoms with E-state index in [1.54, 1.807) is 0 Å². The number of aliphatic hydroxyl groups is 1. The highest BCUT2D eigenvalue weighted by Crippen LogP contribution is 2.31. The topological polar surface area (TPSA) is 32.3 Å². The highest BCUT2D eigenvalue weighted by atomic mass is 16.3. The van der Waals surface area contributed by atoms with Crippen LogP contribution in [0.4, 0.5) is 0 Å². The Morgan fingerprint density at radius 3 is 2.55 bits per heavy atom. The maximum atomic E-state index is 9.48. The Morgan fingerprint density at radius 1 is 1.55 bits per heavy atom. The van der Waals surface area contributed by atoms with Gasteiger partial charge in [0.1, 0.15) is 6.10 Å². The molecule has 2 N–H and O–H groups in total. The molecule has 62 valence electrons. The minimum absolute atomic E-state index is 0.0556. The molecule has 0 aliphatic carbocycles. The molecule has 2 nitrogen and oxygen atoms in total. The smallest absolute Gasteiger partial charge is 0.119 e. The monoisotopic (exact) mass is 153 g/mol. The average molecular weight is 153 g/mol. The van der Waals surface area contributed by atoms with E-state index in [1.165, 1.54) is 0 Å². The summed E-state index contributed by atoms with van der Waals surface area (Å²) in [5.41, 5.74) is -0.0556. The van der Waals surface area contributed by atoms with Crippen LogP contribution in [0.5, 0.6) is 0 Å². The van der Waals surface area contributed by atoms with Crippen LogP contribution in [-0.2, 0) is 0 Å². The lowest BCUT2D eigenvalue weighted by atomic mass is 9.76. The number of rotatable bonds is 1. The van der Waals surface area contributed by atoms with Gasteiger partial charge in [0.15, 0.2) is 0 Å². The maximum absolute atomic E-state index is 9.48. The Bertz CT molecular complexity index is 165. The van der Waals surface area contributed by atoms with E-state index in [4.69, 9.17) is 6.42 Å². The van der Waals surface area contributed by atoms with Gasteiger partial charge in [-0.05, 0) is 25.9 Å². The van der Waals surface area contributed by atoms with Crippen molar-refractivity contribution in [1.29, 1.82) is 0 Å². The third-order valence-corrected chi connectivity index (χ3v) is 2.56. The molecular formula is C9H15NO. The summed E-state index contributed by atoms with van der Waals surface area (Å²) in [6, 6.07) is 0. The molecule has 0 aromatic carbocycles. The van der Waals surface area contributed by atoms with E-state index in [-0.39, 0.29) is 5.41 Å². The molecule has 0 spiro atoms. The van der Waals surface area contributed by atoms with Gasteiger partial charge in [0.05, 0.1) is 0 Å². The van der Waals surface area contributed by atoms with Gasteiger partial charge in [0.2, 0.25) is 0 Å². The lowest BCUT2D eigenvalue weighted by Gasteiger charge is -2.35. The zero-order chi connectivity index (χ0) is 8.32. The highest BCUT2D eigenvalue weighted by Gasteiger charge is 2.32. The van der Waals surface area contributed by atoms with Gasteiger partial charge in [-0.1, -0.05) is 12.8 Å². The molecule has 0 radical (unpaired) electrons. The van der Waals surface area contributed by atoms with Crippen molar-refractivity contribution in [3.8, 4) is 12.3 Å². The summed E-state index contributed by atoms with van der Waals surface area (Å²) in [4.78, 5) is 0. The Balaban J connectivity index is 2.57. The fourth-order valence-corrected chi connectivity index (χ4v) is 1.47. The van der Waals surface area contributed by atoms with Crippen molar-refractivity contribution in [2.24, 2.45) is 5.41 Å². The largest absolute Gasteiger partial charge is 0.380 e. The molecule has 0 amide bonds. The fraction of sp³-hybridized carbons (Fsp3) is 0.778. The maximum Gasteiger partial charge on any atom is 0.119 e. The minimum atomic E-state index is -0.579. The van der Waals surface area contributed by atoms with Crippen LogP contribution < -0.4 is 5.32 Å². The van der Waals surface area contributed by atoms with Gasteiger partial charge >= 0.3 is 0 Å². The van der Waals surface area contributed by atoms with E-state index >= 15 is 0 Å². The highest BCUT2D eigenvalue weighted by molar-refractivity contribution is 5.03. The molecule has 1 saturated heterocycles. The molecular weight excluding hydrogens is 138 g/mol. The minimum Gasteiger partial charge on any atom is -0.380 e. The van der Waals surface area contributed by atoms with Crippen LogP contribution in [0.15, 0.2) is 0 Å².